The van der Waals surface area contributed by atoms with Gasteiger partial charge in [-0.25, -0.2) is 4.98 Å². The highest BCUT2D eigenvalue weighted by Gasteiger charge is 2.43. The lowest BCUT2D eigenvalue weighted by atomic mass is 9.64. The van der Waals surface area contributed by atoms with E-state index in [9.17, 15) is 0 Å². The Balaban J connectivity index is 1.96. The van der Waals surface area contributed by atoms with Gasteiger partial charge in [0, 0.05) is 32.0 Å². The molecule has 3 atom stereocenters. The Bertz CT molecular complexity index is 492. The molecule has 0 amide bonds. The van der Waals surface area contributed by atoms with Crippen LogP contribution < -0.4 is 0 Å². The van der Waals surface area contributed by atoms with Gasteiger partial charge in [-0.15, -0.1) is 0 Å². The van der Waals surface area contributed by atoms with Crippen LogP contribution in [0.1, 0.15) is 72.1 Å². The van der Waals surface area contributed by atoms with E-state index in [1.165, 1.54) is 51.4 Å². The van der Waals surface area contributed by atoms with Crippen molar-refractivity contribution in [3.8, 4) is 0 Å². The summed E-state index contributed by atoms with van der Waals surface area (Å²) in [6.07, 6.45) is 21.6. The lowest BCUT2D eigenvalue weighted by molar-refractivity contribution is -0.0818. The van der Waals surface area contributed by atoms with Crippen LogP contribution >= 0.6 is 0 Å². The van der Waals surface area contributed by atoms with Crippen LogP contribution in [0, 0.1) is 17.3 Å². The van der Waals surface area contributed by atoms with E-state index in [2.05, 4.69) is 48.7 Å². The number of methoxy groups -OCH3 is 1. The first-order chi connectivity index (χ1) is 12.1. The standard InChI is InChI=1S/C22H38N2O/c1-5-6-7-8-9-10-11-12-19-13-14-22(2,3)21(25-4)20(19)17-24-16-15-23-18-24/h11-12,15-16,18-21H,5-10,13-14,17H2,1-4H3/b12-11+/t19-,20+,21-/m1/s1. The zero-order valence-corrected chi connectivity index (χ0v) is 16.8. The second-order valence-electron chi connectivity index (χ2n) is 8.40. The van der Waals surface area contributed by atoms with Gasteiger partial charge in [-0.1, -0.05) is 58.6 Å². The molecule has 1 heterocycles. The molecule has 0 N–H and O–H groups in total. The lowest BCUT2D eigenvalue weighted by Gasteiger charge is -2.46. The second-order valence-corrected chi connectivity index (χ2v) is 8.40. The van der Waals surface area contributed by atoms with Gasteiger partial charge in [0.2, 0.25) is 0 Å². The van der Waals surface area contributed by atoms with Crippen LogP contribution in [0.2, 0.25) is 0 Å². The SMILES string of the molecule is CCCCCCC/C=C/[C@@H]1CCC(C)(C)[C@H](OC)[C@H]1Cn1ccnc1. The molecule has 0 aromatic carbocycles. The molecule has 0 bridgehead atoms. The number of ether oxygens (including phenoxy) is 1. The van der Waals surface area contributed by atoms with Crippen LogP contribution in [0.4, 0.5) is 0 Å². The van der Waals surface area contributed by atoms with Crippen molar-refractivity contribution in [3.63, 3.8) is 0 Å². The second kappa shape index (κ2) is 10.2. The summed E-state index contributed by atoms with van der Waals surface area (Å²) in [4.78, 5) is 4.22. The molecule has 2 rings (SSSR count). The third-order valence-corrected chi connectivity index (χ3v) is 5.92. The molecule has 1 aliphatic rings. The summed E-state index contributed by atoms with van der Waals surface area (Å²) in [5.74, 6) is 1.12. The van der Waals surface area contributed by atoms with Crippen molar-refractivity contribution in [1.82, 2.24) is 9.55 Å². The summed E-state index contributed by atoms with van der Waals surface area (Å²) in [7, 11) is 1.88. The average Bonchev–Trinajstić information content (AvgIpc) is 3.09. The van der Waals surface area contributed by atoms with Gasteiger partial charge < -0.3 is 9.30 Å². The Morgan fingerprint density at radius 1 is 1.24 bits per heavy atom. The predicted molar refractivity (Wildman–Crippen MR) is 106 cm³/mol. The third-order valence-electron chi connectivity index (χ3n) is 5.92. The summed E-state index contributed by atoms with van der Waals surface area (Å²) < 4.78 is 8.21. The quantitative estimate of drug-likeness (QED) is 0.391. The first-order valence-electron chi connectivity index (χ1n) is 10.2. The molecule has 1 fully saturated rings. The minimum absolute atomic E-state index is 0.241. The summed E-state index contributed by atoms with van der Waals surface area (Å²) in [6, 6.07) is 0. The van der Waals surface area contributed by atoms with Gasteiger partial charge in [-0.2, -0.15) is 0 Å². The van der Waals surface area contributed by atoms with Gasteiger partial charge >= 0.3 is 0 Å². The molecule has 3 nitrogen and oxygen atoms in total. The van der Waals surface area contributed by atoms with E-state index in [1.54, 1.807) is 0 Å². The van der Waals surface area contributed by atoms with Gasteiger partial charge in [0.05, 0.1) is 12.4 Å². The number of unbranched alkanes of at least 4 members (excludes halogenated alkanes) is 5. The van der Waals surface area contributed by atoms with Crippen LogP contribution in [-0.4, -0.2) is 22.8 Å². The van der Waals surface area contributed by atoms with Gasteiger partial charge in [0.25, 0.3) is 0 Å². The molecule has 3 heteroatoms. The Hall–Kier alpha value is -1.09. The fraction of sp³-hybridized carbons (Fsp3) is 0.773. The fourth-order valence-corrected chi connectivity index (χ4v) is 4.44. The average molecular weight is 347 g/mol. The van der Waals surface area contributed by atoms with E-state index in [0.717, 1.165) is 6.54 Å². The largest absolute Gasteiger partial charge is 0.381 e. The predicted octanol–water partition coefficient (Wildman–Crippen LogP) is 5.87. The van der Waals surface area contributed by atoms with Gasteiger partial charge in [-0.3, -0.25) is 0 Å². The van der Waals surface area contributed by atoms with E-state index >= 15 is 0 Å². The highest BCUT2D eigenvalue weighted by Crippen LogP contribution is 2.45. The molecular formula is C22H38N2O. The van der Waals surface area contributed by atoms with E-state index in [-0.39, 0.29) is 5.41 Å². The number of aromatic nitrogens is 2. The van der Waals surface area contributed by atoms with Crippen molar-refractivity contribution in [1.29, 1.82) is 0 Å². The van der Waals surface area contributed by atoms with Crippen molar-refractivity contribution in [2.75, 3.05) is 7.11 Å². The number of hydrogen-bond acceptors (Lipinski definition) is 2. The molecule has 0 radical (unpaired) electrons. The van der Waals surface area contributed by atoms with Gasteiger partial charge in [0.1, 0.15) is 0 Å². The zero-order chi connectivity index (χ0) is 18.1. The maximum absolute atomic E-state index is 6.00. The van der Waals surface area contributed by atoms with Gasteiger partial charge in [-0.05, 0) is 37.0 Å². The molecule has 0 unspecified atom stereocenters. The smallest absolute Gasteiger partial charge is 0.0946 e. The monoisotopic (exact) mass is 346 g/mol. The number of imidazole rings is 1. The zero-order valence-electron chi connectivity index (χ0n) is 16.8. The molecule has 142 valence electrons. The lowest BCUT2D eigenvalue weighted by Crippen LogP contribution is -2.46. The van der Waals surface area contributed by atoms with Crippen molar-refractivity contribution >= 4 is 0 Å². The van der Waals surface area contributed by atoms with E-state index in [4.69, 9.17) is 4.74 Å². The molecule has 1 aromatic heterocycles. The molecular weight excluding hydrogens is 308 g/mol. The number of rotatable bonds is 10. The number of nitrogens with zero attached hydrogens (tertiary/aromatic N) is 2. The summed E-state index contributed by atoms with van der Waals surface area (Å²) >= 11 is 0. The maximum atomic E-state index is 6.00. The normalized spacial score (nSPS) is 26.3. The highest BCUT2D eigenvalue weighted by atomic mass is 16.5. The minimum Gasteiger partial charge on any atom is -0.381 e. The summed E-state index contributed by atoms with van der Waals surface area (Å²) in [5, 5.41) is 0. The van der Waals surface area contributed by atoms with Crippen LogP contribution in [0.15, 0.2) is 30.9 Å². The summed E-state index contributed by atoms with van der Waals surface area (Å²) in [5.41, 5.74) is 0.241. The van der Waals surface area contributed by atoms with Crippen LogP contribution in [-0.2, 0) is 11.3 Å². The first kappa shape index (κ1) is 20.2. The molecule has 25 heavy (non-hydrogen) atoms. The minimum atomic E-state index is 0.241. The molecule has 1 aromatic rings. The highest BCUT2D eigenvalue weighted by molar-refractivity contribution is 5.01. The number of hydrogen-bond donors (Lipinski definition) is 0. The Kier molecular flexibility index (Phi) is 8.21. The van der Waals surface area contributed by atoms with Crippen molar-refractivity contribution in [3.05, 3.63) is 30.9 Å². The van der Waals surface area contributed by atoms with E-state index in [0.29, 0.717) is 17.9 Å². The Morgan fingerprint density at radius 3 is 2.72 bits per heavy atom. The van der Waals surface area contributed by atoms with Crippen LogP contribution in [0.5, 0.6) is 0 Å². The molecule has 0 saturated heterocycles. The third kappa shape index (κ3) is 5.99. The summed E-state index contributed by atoms with van der Waals surface area (Å²) in [6.45, 7) is 7.98. The number of allylic oxidation sites excluding steroid dienone is 2. The van der Waals surface area contributed by atoms with E-state index in [1.807, 2.05) is 19.6 Å². The maximum Gasteiger partial charge on any atom is 0.0946 e. The molecule has 1 aliphatic carbocycles. The molecule has 0 spiro atoms. The van der Waals surface area contributed by atoms with Crippen molar-refractivity contribution in [2.24, 2.45) is 17.3 Å². The van der Waals surface area contributed by atoms with Crippen LogP contribution in [0.25, 0.3) is 0 Å². The Morgan fingerprint density at radius 2 is 2.04 bits per heavy atom. The van der Waals surface area contributed by atoms with Gasteiger partial charge in [0.15, 0.2) is 0 Å². The fourth-order valence-electron chi connectivity index (χ4n) is 4.44. The van der Waals surface area contributed by atoms with Crippen molar-refractivity contribution in [2.45, 2.75) is 84.8 Å². The molecule has 0 aliphatic heterocycles. The van der Waals surface area contributed by atoms with Crippen LogP contribution in [0.3, 0.4) is 0 Å². The van der Waals surface area contributed by atoms with E-state index < -0.39 is 0 Å². The first-order valence-corrected chi connectivity index (χ1v) is 10.2. The Labute approximate surface area is 154 Å². The van der Waals surface area contributed by atoms with Crippen molar-refractivity contribution < 1.29 is 4.74 Å². The molecule has 1 saturated carbocycles. The topological polar surface area (TPSA) is 27.1 Å².